The minimum atomic E-state index is -3.94. The average Bonchev–Trinajstić information content (AvgIpc) is 2.60. The van der Waals surface area contributed by atoms with E-state index in [1.54, 1.807) is 19.1 Å². The van der Waals surface area contributed by atoms with Gasteiger partial charge in [0.25, 0.3) is 0 Å². The fraction of sp³-hybridized carbons (Fsp3) is 0.278. The van der Waals surface area contributed by atoms with Crippen molar-refractivity contribution in [2.45, 2.75) is 24.8 Å². The highest BCUT2D eigenvalue weighted by molar-refractivity contribution is 7.89. The standard InChI is InChI=1S/C18H18F2N2O3S/c1-12-3-6-15(11-17(12)20)21-9-10-22(13(2)18(21)23)26(24,25)16-7-4-14(19)5-8-16/h3-8,11,13H,9-10H2,1-2H3/t13-/m0/s1. The van der Waals surface area contributed by atoms with Crippen LogP contribution in [-0.2, 0) is 14.8 Å². The maximum Gasteiger partial charge on any atom is 0.245 e. The van der Waals surface area contributed by atoms with E-state index in [0.29, 0.717) is 11.3 Å². The van der Waals surface area contributed by atoms with E-state index < -0.39 is 33.6 Å². The first kappa shape index (κ1) is 18.5. The highest BCUT2D eigenvalue weighted by Crippen LogP contribution is 2.26. The zero-order valence-electron chi connectivity index (χ0n) is 14.3. The predicted octanol–water partition coefficient (Wildman–Crippen LogP) is 2.70. The molecule has 1 amide bonds. The van der Waals surface area contributed by atoms with Crippen LogP contribution in [0.4, 0.5) is 14.5 Å². The smallest absolute Gasteiger partial charge is 0.245 e. The summed E-state index contributed by atoms with van der Waals surface area (Å²) in [6, 6.07) is 7.98. The molecule has 8 heteroatoms. The molecule has 138 valence electrons. The molecule has 2 aromatic rings. The van der Waals surface area contributed by atoms with Gasteiger partial charge in [0.1, 0.15) is 17.7 Å². The van der Waals surface area contributed by atoms with E-state index >= 15 is 0 Å². The quantitative estimate of drug-likeness (QED) is 0.823. The van der Waals surface area contributed by atoms with Gasteiger partial charge >= 0.3 is 0 Å². The largest absolute Gasteiger partial charge is 0.310 e. The van der Waals surface area contributed by atoms with Crippen LogP contribution in [0.25, 0.3) is 0 Å². The number of piperazine rings is 1. The van der Waals surface area contributed by atoms with Crippen molar-refractivity contribution in [2.75, 3.05) is 18.0 Å². The van der Waals surface area contributed by atoms with Gasteiger partial charge in [-0.2, -0.15) is 4.31 Å². The normalized spacial score (nSPS) is 19.0. The molecule has 0 aliphatic carbocycles. The van der Waals surface area contributed by atoms with Gasteiger partial charge < -0.3 is 4.90 Å². The van der Waals surface area contributed by atoms with Gasteiger partial charge in [-0.05, 0) is 55.8 Å². The number of aryl methyl sites for hydroxylation is 1. The summed E-state index contributed by atoms with van der Waals surface area (Å²) in [6.45, 7) is 3.27. The molecule has 0 bridgehead atoms. The zero-order valence-corrected chi connectivity index (χ0v) is 15.1. The van der Waals surface area contributed by atoms with Crippen LogP contribution < -0.4 is 4.90 Å². The lowest BCUT2D eigenvalue weighted by molar-refractivity contribution is -0.123. The number of amides is 1. The highest BCUT2D eigenvalue weighted by atomic mass is 32.2. The molecule has 1 atom stereocenters. The third-order valence-electron chi connectivity index (χ3n) is 4.49. The number of rotatable bonds is 3. The number of benzene rings is 2. The molecule has 1 fully saturated rings. The molecular weight excluding hydrogens is 362 g/mol. The first-order valence-corrected chi connectivity index (χ1v) is 9.51. The summed E-state index contributed by atoms with van der Waals surface area (Å²) in [5.41, 5.74) is 0.857. The summed E-state index contributed by atoms with van der Waals surface area (Å²) >= 11 is 0. The minimum absolute atomic E-state index is 0.0577. The monoisotopic (exact) mass is 380 g/mol. The van der Waals surface area contributed by atoms with Gasteiger partial charge in [-0.1, -0.05) is 6.07 Å². The van der Waals surface area contributed by atoms with Crippen molar-refractivity contribution in [2.24, 2.45) is 0 Å². The summed E-state index contributed by atoms with van der Waals surface area (Å²) < 4.78 is 53.5. The number of anilines is 1. The number of carbonyl (C=O) groups excluding carboxylic acids is 1. The van der Waals surface area contributed by atoms with E-state index in [4.69, 9.17) is 0 Å². The molecule has 0 spiro atoms. The second-order valence-electron chi connectivity index (χ2n) is 6.17. The van der Waals surface area contributed by atoms with E-state index in [9.17, 15) is 22.0 Å². The Kier molecular flexibility index (Phi) is 4.81. The van der Waals surface area contributed by atoms with E-state index in [1.165, 1.54) is 30.0 Å². The SMILES string of the molecule is Cc1ccc(N2CCN(S(=O)(=O)c3ccc(F)cc3)[C@@H](C)C2=O)cc1F. The van der Waals surface area contributed by atoms with Crippen LogP contribution >= 0.6 is 0 Å². The van der Waals surface area contributed by atoms with Crippen molar-refractivity contribution in [3.05, 3.63) is 59.7 Å². The molecule has 0 N–H and O–H groups in total. The molecule has 1 saturated heterocycles. The van der Waals surface area contributed by atoms with E-state index in [0.717, 1.165) is 16.4 Å². The van der Waals surface area contributed by atoms with Crippen LogP contribution in [0.15, 0.2) is 47.4 Å². The third kappa shape index (κ3) is 3.22. The van der Waals surface area contributed by atoms with Crippen LogP contribution in [0.1, 0.15) is 12.5 Å². The predicted molar refractivity (Wildman–Crippen MR) is 93.2 cm³/mol. The number of hydrogen-bond donors (Lipinski definition) is 0. The van der Waals surface area contributed by atoms with Gasteiger partial charge in [0.05, 0.1) is 4.90 Å². The summed E-state index contributed by atoms with van der Waals surface area (Å²) in [4.78, 5) is 14.0. The van der Waals surface area contributed by atoms with Crippen LogP contribution in [0, 0.1) is 18.6 Å². The Labute approximate surface area is 150 Å². The van der Waals surface area contributed by atoms with E-state index in [2.05, 4.69) is 0 Å². The van der Waals surface area contributed by atoms with Crippen molar-refractivity contribution in [3.8, 4) is 0 Å². The summed E-state index contributed by atoms with van der Waals surface area (Å²) in [7, 11) is -3.94. The Bertz CT molecular complexity index is 945. The van der Waals surface area contributed by atoms with Gasteiger partial charge in [-0.3, -0.25) is 4.79 Å². The molecule has 5 nitrogen and oxygen atoms in total. The molecule has 26 heavy (non-hydrogen) atoms. The molecule has 0 aromatic heterocycles. The number of sulfonamides is 1. The maximum atomic E-state index is 13.8. The van der Waals surface area contributed by atoms with Crippen molar-refractivity contribution in [3.63, 3.8) is 0 Å². The van der Waals surface area contributed by atoms with Crippen LogP contribution in [0.2, 0.25) is 0 Å². The molecule has 0 unspecified atom stereocenters. The number of nitrogens with zero attached hydrogens (tertiary/aromatic N) is 2. The fourth-order valence-electron chi connectivity index (χ4n) is 2.93. The average molecular weight is 380 g/mol. The second kappa shape index (κ2) is 6.77. The van der Waals surface area contributed by atoms with Crippen molar-refractivity contribution in [1.82, 2.24) is 4.31 Å². The molecular formula is C18H18F2N2O3S. The maximum absolute atomic E-state index is 13.8. The number of hydrogen-bond acceptors (Lipinski definition) is 3. The van der Waals surface area contributed by atoms with Gasteiger partial charge in [0, 0.05) is 18.8 Å². The van der Waals surface area contributed by atoms with Crippen LogP contribution in [0.3, 0.4) is 0 Å². The highest BCUT2D eigenvalue weighted by Gasteiger charge is 2.39. The lowest BCUT2D eigenvalue weighted by Crippen LogP contribution is -2.57. The van der Waals surface area contributed by atoms with Crippen molar-refractivity contribution < 1.29 is 22.0 Å². The minimum Gasteiger partial charge on any atom is -0.310 e. The summed E-state index contributed by atoms with van der Waals surface area (Å²) in [5, 5.41) is 0. The summed E-state index contributed by atoms with van der Waals surface area (Å²) in [6.07, 6.45) is 0. The van der Waals surface area contributed by atoms with Gasteiger partial charge in [0.15, 0.2) is 0 Å². The lowest BCUT2D eigenvalue weighted by atomic mass is 10.1. The third-order valence-corrected chi connectivity index (χ3v) is 6.47. The molecule has 1 heterocycles. The Hall–Kier alpha value is -2.32. The van der Waals surface area contributed by atoms with Gasteiger partial charge in [0.2, 0.25) is 15.9 Å². The molecule has 0 saturated carbocycles. The first-order chi connectivity index (χ1) is 12.2. The van der Waals surface area contributed by atoms with E-state index in [-0.39, 0.29) is 18.0 Å². The Balaban J connectivity index is 1.87. The molecule has 2 aromatic carbocycles. The lowest BCUT2D eigenvalue weighted by Gasteiger charge is -2.38. The first-order valence-electron chi connectivity index (χ1n) is 8.07. The van der Waals surface area contributed by atoms with Crippen LogP contribution in [0.5, 0.6) is 0 Å². The van der Waals surface area contributed by atoms with Gasteiger partial charge in [-0.25, -0.2) is 17.2 Å². The molecule has 1 aliphatic heterocycles. The van der Waals surface area contributed by atoms with Crippen molar-refractivity contribution >= 4 is 21.6 Å². The molecule has 3 rings (SSSR count). The summed E-state index contributed by atoms with van der Waals surface area (Å²) in [5.74, 6) is -1.41. The van der Waals surface area contributed by atoms with Gasteiger partial charge in [-0.15, -0.1) is 0 Å². The van der Waals surface area contributed by atoms with E-state index in [1.807, 2.05) is 0 Å². The Morgan fingerprint density at radius 3 is 2.31 bits per heavy atom. The fourth-order valence-corrected chi connectivity index (χ4v) is 4.51. The molecule has 0 radical (unpaired) electrons. The number of carbonyl (C=O) groups is 1. The zero-order chi connectivity index (χ0) is 19.1. The molecule has 1 aliphatic rings. The second-order valence-corrected chi connectivity index (χ2v) is 8.06. The Morgan fingerprint density at radius 1 is 1.04 bits per heavy atom. The Morgan fingerprint density at radius 2 is 1.69 bits per heavy atom. The van der Waals surface area contributed by atoms with Crippen molar-refractivity contribution in [1.29, 1.82) is 0 Å². The topological polar surface area (TPSA) is 57.7 Å². The number of halogens is 2. The van der Waals surface area contributed by atoms with Crippen LogP contribution in [-0.4, -0.2) is 37.8 Å².